The number of carbonyl (C=O) groups is 1. The summed E-state index contributed by atoms with van der Waals surface area (Å²) >= 11 is 1.25. The average Bonchev–Trinajstić information content (AvgIpc) is 3.37. The first-order chi connectivity index (χ1) is 13.5. The molecule has 1 aromatic carbocycles. The fraction of sp³-hybridized carbons (Fsp3) is 0.368. The van der Waals surface area contributed by atoms with Crippen LogP contribution in [0.5, 0.6) is 0 Å². The van der Waals surface area contributed by atoms with Crippen molar-refractivity contribution in [3.63, 3.8) is 0 Å². The third kappa shape index (κ3) is 3.49. The number of rotatable bonds is 6. The number of nitrogen functional groups attached to an aromatic ring is 1. The van der Waals surface area contributed by atoms with Crippen molar-refractivity contribution in [2.75, 3.05) is 16.9 Å². The van der Waals surface area contributed by atoms with Crippen molar-refractivity contribution in [2.24, 2.45) is 0 Å². The number of aromatic nitrogens is 5. The maximum Gasteiger partial charge on any atom is 0.234 e. The van der Waals surface area contributed by atoms with E-state index in [9.17, 15) is 4.79 Å². The normalized spacial score (nSPS) is 13.1. The molecule has 0 radical (unpaired) electrons. The number of thioether (sulfide) groups is 1. The zero-order valence-corrected chi connectivity index (χ0v) is 16.7. The molecule has 0 unspecified atom stereocenters. The van der Waals surface area contributed by atoms with Gasteiger partial charge < -0.3 is 11.2 Å². The van der Waals surface area contributed by atoms with Crippen LogP contribution in [0.3, 0.4) is 0 Å². The van der Waals surface area contributed by atoms with Crippen LogP contribution in [0.2, 0.25) is 0 Å². The van der Waals surface area contributed by atoms with Gasteiger partial charge in [0.2, 0.25) is 16.9 Å². The largest absolute Gasteiger partial charge is 0.335 e. The Balaban J connectivity index is 1.43. The van der Waals surface area contributed by atoms with Crippen molar-refractivity contribution in [1.82, 2.24) is 25.1 Å². The molecule has 28 heavy (non-hydrogen) atoms. The molecule has 0 fully saturated rings. The third-order valence-corrected chi connectivity index (χ3v) is 5.82. The number of H-pyrrole nitrogens is 1. The Labute approximate surface area is 167 Å². The van der Waals surface area contributed by atoms with Gasteiger partial charge in [0.25, 0.3) is 0 Å². The molecule has 4 rings (SSSR count). The minimum atomic E-state index is -0.108. The number of amides is 1. The number of benzene rings is 1. The van der Waals surface area contributed by atoms with Crippen molar-refractivity contribution in [3.05, 3.63) is 41.1 Å². The predicted molar refractivity (Wildman–Crippen MR) is 110 cm³/mol. The van der Waals surface area contributed by atoms with Gasteiger partial charge in [-0.1, -0.05) is 43.8 Å². The molecule has 0 saturated heterocycles. The highest BCUT2D eigenvalue weighted by Crippen LogP contribution is 2.30. The molecule has 9 heteroatoms. The molecule has 4 N–H and O–H groups in total. The maximum atomic E-state index is 12.4. The lowest BCUT2D eigenvalue weighted by Gasteiger charge is -2.13. The molecule has 0 saturated carbocycles. The van der Waals surface area contributed by atoms with Gasteiger partial charge >= 0.3 is 0 Å². The molecule has 2 heterocycles. The van der Waals surface area contributed by atoms with Gasteiger partial charge in [-0.25, -0.2) is 4.68 Å². The number of carbonyl (C=O) groups excluding carboxylic acids is 1. The lowest BCUT2D eigenvalue weighted by Crippen LogP contribution is -2.17. The smallest absolute Gasteiger partial charge is 0.234 e. The second-order valence-corrected chi connectivity index (χ2v) is 8.08. The van der Waals surface area contributed by atoms with E-state index in [0.29, 0.717) is 16.9 Å². The molecule has 3 aromatic rings. The van der Waals surface area contributed by atoms with Crippen LogP contribution in [0.25, 0.3) is 11.5 Å². The second-order valence-electron chi connectivity index (χ2n) is 7.14. The van der Waals surface area contributed by atoms with Crippen molar-refractivity contribution in [1.29, 1.82) is 0 Å². The van der Waals surface area contributed by atoms with Crippen molar-refractivity contribution >= 4 is 23.4 Å². The lowest BCUT2D eigenvalue weighted by molar-refractivity contribution is -0.113. The fourth-order valence-corrected chi connectivity index (χ4v) is 4.13. The van der Waals surface area contributed by atoms with Crippen molar-refractivity contribution in [2.45, 2.75) is 44.2 Å². The zero-order valence-electron chi connectivity index (χ0n) is 15.9. The summed E-state index contributed by atoms with van der Waals surface area (Å²) in [5.41, 5.74) is 5.02. The van der Waals surface area contributed by atoms with Crippen LogP contribution in [0, 0.1) is 0 Å². The molecule has 2 aromatic heterocycles. The second kappa shape index (κ2) is 7.67. The van der Waals surface area contributed by atoms with E-state index in [4.69, 9.17) is 5.84 Å². The predicted octanol–water partition coefficient (Wildman–Crippen LogP) is 2.72. The van der Waals surface area contributed by atoms with Crippen LogP contribution < -0.4 is 11.2 Å². The number of hydrogen-bond donors (Lipinski definition) is 3. The summed E-state index contributed by atoms with van der Waals surface area (Å²) in [6.45, 7) is 4.20. The van der Waals surface area contributed by atoms with Gasteiger partial charge in [0.15, 0.2) is 0 Å². The summed E-state index contributed by atoms with van der Waals surface area (Å²) in [6, 6.07) is 7.84. The molecule has 1 aliphatic carbocycles. The van der Waals surface area contributed by atoms with Gasteiger partial charge in [-0.2, -0.15) is 5.10 Å². The average molecular weight is 398 g/mol. The maximum absolute atomic E-state index is 12.4. The van der Waals surface area contributed by atoms with Gasteiger partial charge in [0.1, 0.15) is 5.69 Å². The Kier molecular flexibility index (Phi) is 5.08. The highest BCUT2D eigenvalue weighted by molar-refractivity contribution is 7.99. The molecule has 1 aliphatic rings. The number of hydrogen-bond acceptors (Lipinski definition) is 6. The number of nitrogens with zero attached hydrogens (tertiary/aromatic N) is 4. The van der Waals surface area contributed by atoms with Gasteiger partial charge in [0.05, 0.1) is 5.75 Å². The summed E-state index contributed by atoms with van der Waals surface area (Å²) in [5.74, 6) is 7.11. The minimum absolute atomic E-state index is 0.108. The number of aromatic amines is 1. The Hall–Kier alpha value is -2.81. The molecule has 0 atom stereocenters. The number of anilines is 1. The zero-order chi connectivity index (χ0) is 19.7. The van der Waals surface area contributed by atoms with Crippen LogP contribution in [0.1, 0.15) is 43.0 Å². The molecular weight excluding hydrogens is 374 g/mol. The molecule has 0 aliphatic heterocycles. The molecule has 0 bridgehead atoms. The van der Waals surface area contributed by atoms with Crippen molar-refractivity contribution < 1.29 is 4.79 Å². The molecular formula is C19H23N7OS. The standard InChI is InChI=1S/C19H23N7OS/c1-11(2)12-6-3-4-8-14(12)21-16(27)10-28-19-25-24-18(26(19)20)17-13-7-5-9-15(13)22-23-17/h3-4,6,8,11H,5,7,9-10,20H2,1-2H3,(H,21,27)(H,22,23). The monoisotopic (exact) mass is 397 g/mol. The van der Waals surface area contributed by atoms with E-state index < -0.39 is 0 Å². The summed E-state index contributed by atoms with van der Waals surface area (Å²) in [4.78, 5) is 12.4. The third-order valence-electron chi connectivity index (χ3n) is 4.87. The number of aryl methyl sites for hydroxylation is 1. The highest BCUT2D eigenvalue weighted by atomic mass is 32.2. The first-order valence-corrected chi connectivity index (χ1v) is 10.3. The number of nitrogens with two attached hydrogens (primary N) is 1. The number of fused-ring (bicyclic) bond motifs is 1. The van der Waals surface area contributed by atoms with E-state index in [1.807, 2.05) is 24.3 Å². The topological polar surface area (TPSA) is 115 Å². The molecule has 1 amide bonds. The van der Waals surface area contributed by atoms with E-state index >= 15 is 0 Å². The summed E-state index contributed by atoms with van der Waals surface area (Å²) in [7, 11) is 0. The number of para-hydroxylation sites is 1. The van der Waals surface area contributed by atoms with Crippen LogP contribution in [0.4, 0.5) is 5.69 Å². The van der Waals surface area contributed by atoms with E-state index in [2.05, 4.69) is 39.6 Å². The first-order valence-electron chi connectivity index (χ1n) is 9.33. The van der Waals surface area contributed by atoms with Crippen LogP contribution in [-0.2, 0) is 17.6 Å². The van der Waals surface area contributed by atoms with E-state index in [1.165, 1.54) is 22.0 Å². The van der Waals surface area contributed by atoms with E-state index in [0.717, 1.165) is 41.9 Å². The van der Waals surface area contributed by atoms with Crippen molar-refractivity contribution in [3.8, 4) is 11.5 Å². The minimum Gasteiger partial charge on any atom is -0.335 e. The fourth-order valence-electron chi connectivity index (χ4n) is 3.47. The Morgan fingerprint density at radius 3 is 2.96 bits per heavy atom. The Morgan fingerprint density at radius 1 is 1.32 bits per heavy atom. The van der Waals surface area contributed by atoms with E-state index in [-0.39, 0.29) is 11.7 Å². The SMILES string of the molecule is CC(C)c1ccccc1NC(=O)CSc1nnc(-c2n[nH]c3c2CCC3)n1N. The summed E-state index contributed by atoms with van der Waals surface area (Å²) < 4.78 is 1.41. The van der Waals surface area contributed by atoms with Crippen LogP contribution >= 0.6 is 11.8 Å². The van der Waals surface area contributed by atoms with Gasteiger partial charge in [-0.3, -0.25) is 9.89 Å². The Bertz CT molecular complexity index is 1010. The summed E-state index contributed by atoms with van der Waals surface area (Å²) in [5, 5.41) is 19.2. The lowest BCUT2D eigenvalue weighted by atomic mass is 10.0. The Morgan fingerprint density at radius 2 is 2.14 bits per heavy atom. The number of nitrogens with one attached hydrogen (secondary N) is 2. The summed E-state index contributed by atoms with van der Waals surface area (Å²) in [6.07, 6.45) is 3.07. The van der Waals surface area contributed by atoms with E-state index in [1.54, 1.807) is 0 Å². The first kappa shape index (κ1) is 18.5. The van der Waals surface area contributed by atoms with Gasteiger partial charge in [-0.15, -0.1) is 10.2 Å². The molecule has 8 nitrogen and oxygen atoms in total. The van der Waals surface area contributed by atoms with Gasteiger partial charge in [0, 0.05) is 16.9 Å². The molecule has 0 spiro atoms. The van der Waals surface area contributed by atoms with Crippen LogP contribution in [0.15, 0.2) is 29.4 Å². The van der Waals surface area contributed by atoms with Gasteiger partial charge in [-0.05, 0) is 36.8 Å². The highest BCUT2D eigenvalue weighted by Gasteiger charge is 2.24. The van der Waals surface area contributed by atoms with Crippen LogP contribution in [-0.4, -0.2) is 36.7 Å². The quantitative estimate of drug-likeness (QED) is 0.435. The molecule has 146 valence electrons.